The Morgan fingerprint density at radius 2 is 1.75 bits per heavy atom. The Morgan fingerprint density at radius 1 is 1.19 bits per heavy atom. The maximum absolute atomic E-state index is 12.9. The summed E-state index contributed by atoms with van der Waals surface area (Å²) in [5.41, 5.74) is 0.973. The molecule has 1 rings (SSSR count). The van der Waals surface area contributed by atoms with Gasteiger partial charge in [0.25, 0.3) is 0 Å². The van der Waals surface area contributed by atoms with Gasteiger partial charge in [0.1, 0.15) is 0 Å². The van der Waals surface area contributed by atoms with Crippen molar-refractivity contribution in [2.75, 3.05) is 4.90 Å². The SMILES string of the molecule is CCc1ccccc1N(C(C)C)C(F)(F)F. The number of nitrogens with zero attached hydrogens (tertiary/aromatic N) is 1. The molecule has 0 radical (unpaired) electrons. The largest absolute Gasteiger partial charge is 0.485 e. The average molecular weight is 231 g/mol. The van der Waals surface area contributed by atoms with Crippen molar-refractivity contribution in [2.24, 2.45) is 0 Å². The van der Waals surface area contributed by atoms with Crippen LogP contribution in [0.2, 0.25) is 0 Å². The minimum absolute atomic E-state index is 0.257. The highest BCUT2D eigenvalue weighted by atomic mass is 19.4. The van der Waals surface area contributed by atoms with E-state index in [9.17, 15) is 13.2 Å². The van der Waals surface area contributed by atoms with E-state index >= 15 is 0 Å². The Hall–Kier alpha value is -1.19. The highest BCUT2D eigenvalue weighted by Crippen LogP contribution is 2.33. The zero-order valence-electron chi connectivity index (χ0n) is 9.67. The van der Waals surface area contributed by atoms with Gasteiger partial charge >= 0.3 is 6.30 Å². The number of hydrogen-bond acceptors (Lipinski definition) is 1. The van der Waals surface area contributed by atoms with E-state index in [0.717, 1.165) is 0 Å². The zero-order valence-corrected chi connectivity index (χ0v) is 9.67. The summed E-state index contributed by atoms with van der Waals surface area (Å²) < 4.78 is 38.7. The fourth-order valence-corrected chi connectivity index (χ4v) is 1.75. The smallest absolute Gasteiger partial charge is 0.281 e. The predicted molar refractivity (Wildman–Crippen MR) is 59.5 cm³/mol. The highest BCUT2D eigenvalue weighted by molar-refractivity contribution is 5.55. The molecule has 0 aromatic heterocycles. The third-order valence-corrected chi connectivity index (χ3v) is 2.42. The molecule has 1 nitrogen and oxygen atoms in total. The molecule has 16 heavy (non-hydrogen) atoms. The second kappa shape index (κ2) is 4.76. The van der Waals surface area contributed by atoms with Crippen molar-refractivity contribution < 1.29 is 13.2 Å². The lowest BCUT2D eigenvalue weighted by Crippen LogP contribution is -2.43. The normalized spacial score (nSPS) is 11.9. The Morgan fingerprint density at radius 3 is 2.19 bits per heavy atom. The molecule has 0 amide bonds. The number of aryl methyl sites for hydroxylation is 1. The molecular weight excluding hydrogens is 215 g/mol. The lowest BCUT2D eigenvalue weighted by atomic mass is 10.1. The predicted octanol–water partition coefficient (Wildman–Crippen LogP) is 3.98. The first-order valence-corrected chi connectivity index (χ1v) is 5.32. The van der Waals surface area contributed by atoms with Crippen molar-refractivity contribution in [2.45, 2.75) is 39.5 Å². The molecule has 0 aliphatic rings. The number of halogens is 3. The Balaban J connectivity index is 3.21. The van der Waals surface area contributed by atoms with Gasteiger partial charge in [0.2, 0.25) is 0 Å². The molecule has 0 bridgehead atoms. The number of benzene rings is 1. The van der Waals surface area contributed by atoms with Gasteiger partial charge in [-0.05, 0) is 31.9 Å². The van der Waals surface area contributed by atoms with Crippen molar-refractivity contribution in [1.82, 2.24) is 0 Å². The number of hydrogen-bond donors (Lipinski definition) is 0. The summed E-state index contributed by atoms with van der Waals surface area (Å²) in [6.07, 6.45) is -3.74. The quantitative estimate of drug-likeness (QED) is 0.711. The molecule has 0 atom stereocenters. The van der Waals surface area contributed by atoms with Crippen LogP contribution >= 0.6 is 0 Å². The van der Waals surface area contributed by atoms with Crippen LogP contribution in [0.3, 0.4) is 0 Å². The molecule has 0 saturated heterocycles. The lowest BCUT2D eigenvalue weighted by molar-refractivity contribution is -0.133. The van der Waals surface area contributed by atoms with E-state index in [2.05, 4.69) is 0 Å². The molecule has 0 fully saturated rings. The van der Waals surface area contributed by atoms with Crippen LogP contribution in [0.25, 0.3) is 0 Å². The maximum Gasteiger partial charge on any atom is 0.485 e. The molecule has 90 valence electrons. The van der Waals surface area contributed by atoms with Gasteiger partial charge in [0.05, 0.1) is 0 Å². The standard InChI is InChI=1S/C12H16F3N/c1-4-10-7-5-6-8-11(10)16(9(2)3)12(13,14)15/h5-9H,4H2,1-3H3. The van der Waals surface area contributed by atoms with Gasteiger partial charge in [0.15, 0.2) is 0 Å². The van der Waals surface area contributed by atoms with E-state index in [-0.39, 0.29) is 5.69 Å². The van der Waals surface area contributed by atoms with Crippen LogP contribution in [0.15, 0.2) is 24.3 Å². The lowest BCUT2D eigenvalue weighted by Gasteiger charge is -2.32. The molecule has 4 heteroatoms. The third-order valence-electron chi connectivity index (χ3n) is 2.42. The Kier molecular flexibility index (Phi) is 3.83. The maximum atomic E-state index is 12.9. The first-order chi connectivity index (χ1) is 7.38. The number of rotatable bonds is 3. The second-order valence-electron chi connectivity index (χ2n) is 3.91. The fourth-order valence-electron chi connectivity index (χ4n) is 1.75. The summed E-state index contributed by atoms with van der Waals surface area (Å²) in [7, 11) is 0. The number of alkyl halides is 3. The minimum atomic E-state index is -4.33. The molecule has 1 aromatic rings. The van der Waals surface area contributed by atoms with Crippen LogP contribution in [0.4, 0.5) is 18.9 Å². The van der Waals surface area contributed by atoms with Gasteiger partial charge < -0.3 is 0 Å². The molecule has 0 spiro atoms. The van der Waals surface area contributed by atoms with E-state index < -0.39 is 12.3 Å². The third kappa shape index (κ3) is 2.68. The summed E-state index contributed by atoms with van der Waals surface area (Å²) in [6.45, 7) is 4.94. The highest BCUT2D eigenvalue weighted by Gasteiger charge is 2.39. The van der Waals surface area contributed by atoms with E-state index in [1.807, 2.05) is 6.92 Å². The van der Waals surface area contributed by atoms with Crippen LogP contribution in [0, 0.1) is 0 Å². The van der Waals surface area contributed by atoms with Crippen molar-refractivity contribution in [3.63, 3.8) is 0 Å². The second-order valence-corrected chi connectivity index (χ2v) is 3.91. The van der Waals surface area contributed by atoms with Crippen LogP contribution in [0.1, 0.15) is 26.3 Å². The van der Waals surface area contributed by atoms with Crippen LogP contribution in [-0.4, -0.2) is 12.3 Å². The molecule has 0 saturated carbocycles. The topological polar surface area (TPSA) is 3.24 Å². The zero-order chi connectivity index (χ0) is 12.3. The van der Waals surface area contributed by atoms with Gasteiger partial charge in [-0.2, -0.15) is 13.2 Å². The molecule has 0 unspecified atom stereocenters. The van der Waals surface area contributed by atoms with E-state index in [1.165, 1.54) is 6.07 Å². The average Bonchev–Trinajstić information content (AvgIpc) is 2.15. The summed E-state index contributed by atoms with van der Waals surface area (Å²) >= 11 is 0. The summed E-state index contributed by atoms with van der Waals surface area (Å²) in [4.78, 5) is 0.506. The van der Waals surface area contributed by atoms with Crippen molar-refractivity contribution >= 4 is 5.69 Å². The van der Waals surface area contributed by atoms with Gasteiger partial charge in [-0.25, -0.2) is 0 Å². The van der Waals surface area contributed by atoms with Crippen LogP contribution < -0.4 is 4.90 Å². The first kappa shape index (κ1) is 12.9. The summed E-state index contributed by atoms with van der Waals surface area (Å²) in [5, 5.41) is 0. The first-order valence-electron chi connectivity index (χ1n) is 5.32. The summed E-state index contributed by atoms with van der Waals surface area (Å²) in [6, 6.07) is 6.04. The van der Waals surface area contributed by atoms with Gasteiger partial charge in [-0.15, -0.1) is 0 Å². The summed E-state index contributed by atoms with van der Waals surface area (Å²) in [5.74, 6) is 0. The van der Waals surface area contributed by atoms with E-state index in [1.54, 1.807) is 32.0 Å². The van der Waals surface area contributed by atoms with Crippen molar-refractivity contribution in [3.05, 3.63) is 29.8 Å². The minimum Gasteiger partial charge on any atom is -0.281 e. The Labute approximate surface area is 93.9 Å². The van der Waals surface area contributed by atoms with Crippen LogP contribution in [0.5, 0.6) is 0 Å². The monoisotopic (exact) mass is 231 g/mol. The van der Waals surface area contributed by atoms with Crippen LogP contribution in [-0.2, 0) is 6.42 Å². The number of para-hydroxylation sites is 1. The molecular formula is C12H16F3N. The van der Waals surface area contributed by atoms with E-state index in [4.69, 9.17) is 0 Å². The fraction of sp³-hybridized carbons (Fsp3) is 0.500. The van der Waals surface area contributed by atoms with E-state index in [0.29, 0.717) is 16.9 Å². The van der Waals surface area contributed by atoms with Crippen molar-refractivity contribution in [1.29, 1.82) is 0 Å². The number of anilines is 1. The van der Waals surface area contributed by atoms with Gasteiger partial charge in [0, 0.05) is 11.7 Å². The molecule has 0 aliphatic heterocycles. The molecule has 1 aromatic carbocycles. The molecule has 0 N–H and O–H groups in total. The molecule has 0 heterocycles. The van der Waals surface area contributed by atoms with Gasteiger partial charge in [-0.1, -0.05) is 25.1 Å². The van der Waals surface area contributed by atoms with Gasteiger partial charge in [-0.3, -0.25) is 4.90 Å². The van der Waals surface area contributed by atoms with Crippen molar-refractivity contribution in [3.8, 4) is 0 Å². The Bertz CT molecular complexity index is 344. The molecule has 0 aliphatic carbocycles.